The van der Waals surface area contributed by atoms with Crippen LogP contribution in [0.25, 0.3) is 0 Å². The van der Waals surface area contributed by atoms with E-state index >= 15 is 0 Å². The smallest absolute Gasteiger partial charge is 0.305 e. The standard InChI is InChI=1S/C13H21N3O4/c1-13(2,3)12-15-14-10(20-12)7-16-4-5-19-8-9(16)6-11(17)18/h9H,4-8H2,1-3H3,(H,17,18). The first-order chi connectivity index (χ1) is 9.36. The Hall–Kier alpha value is -1.47. The van der Waals surface area contributed by atoms with Gasteiger partial charge in [0.25, 0.3) is 0 Å². The lowest BCUT2D eigenvalue weighted by atomic mass is 9.97. The van der Waals surface area contributed by atoms with Gasteiger partial charge in [0.2, 0.25) is 11.8 Å². The SMILES string of the molecule is CC(C)(C)c1nnc(CN2CCOCC2CC(=O)O)o1. The normalized spacial score (nSPS) is 21.1. The van der Waals surface area contributed by atoms with Crippen LogP contribution in [0.2, 0.25) is 0 Å². The monoisotopic (exact) mass is 283 g/mol. The molecule has 1 N–H and O–H groups in total. The first-order valence-corrected chi connectivity index (χ1v) is 6.72. The topological polar surface area (TPSA) is 88.7 Å². The van der Waals surface area contributed by atoms with E-state index in [1.54, 1.807) is 0 Å². The predicted octanol–water partition coefficient (Wildman–Crippen LogP) is 1.04. The lowest BCUT2D eigenvalue weighted by Gasteiger charge is -2.33. The molecule has 0 spiro atoms. The molecule has 7 heteroatoms. The molecule has 1 aliphatic heterocycles. The van der Waals surface area contributed by atoms with Gasteiger partial charge in [-0.3, -0.25) is 9.69 Å². The van der Waals surface area contributed by atoms with Gasteiger partial charge in [0.1, 0.15) is 0 Å². The van der Waals surface area contributed by atoms with Gasteiger partial charge in [0.15, 0.2) is 0 Å². The molecule has 0 radical (unpaired) electrons. The summed E-state index contributed by atoms with van der Waals surface area (Å²) in [6.45, 7) is 8.17. The number of carboxylic acids is 1. The summed E-state index contributed by atoms with van der Waals surface area (Å²) in [5.74, 6) is 0.286. The fourth-order valence-corrected chi connectivity index (χ4v) is 2.08. The number of aromatic nitrogens is 2. The molecule has 2 heterocycles. The molecule has 1 saturated heterocycles. The highest BCUT2D eigenvalue weighted by Crippen LogP contribution is 2.21. The van der Waals surface area contributed by atoms with Crippen LogP contribution in [0, 0.1) is 0 Å². The average molecular weight is 283 g/mol. The third kappa shape index (κ3) is 3.77. The summed E-state index contributed by atoms with van der Waals surface area (Å²) in [6.07, 6.45) is 0.0558. The zero-order valence-electron chi connectivity index (χ0n) is 12.1. The Bertz CT molecular complexity index is 466. The van der Waals surface area contributed by atoms with Crippen LogP contribution in [0.3, 0.4) is 0 Å². The van der Waals surface area contributed by atoms with Crippen molar-refractivity contribution in [2.24, 2.45) is 0 Å². The fraction of sp³-hybridized carbons (Fsp3) is 0.769. The van der Waals surface area contributed by atoms with Crippen LogP contribution in [0.15, 0.2) is 4.42 Å². The van der Waals surface area contributed by atoms with Crippen molar-refractivity contribution >= 4 is 5.97 Å². The molecule has 1 aromatic heterocycles. The number of ether oxygens (including phenoxy) is 1. The van der Waals surface area contributed by atoms with Gasteiger partial charge < -0.3 is 14.3 Å². The maximum Gasteiger partial charge on any atom is 0.305 e. The highest BCUT2D eigenvalue weighted by molar-refractivity contribution is 5.67. The Morgan fingerprint density at radius 3 is 2.80 bits per heavy atom. The number of hydrogen-bond donors (Lipinski definition) is 1. The minimum atomic E-state index is -0.827. The van der Waals surface area contributed by atoms with Crippen molar-refractivity contribution in [3.8, 4) is 0 Å². The van der Waals surface area contributed by atoms with Crippen molar-refractivity contribution in [1.82, 2.24) is 15.1 Å². The van der Waals surface area contributed by atoms with E-state index in [9.17, 15) is 4.79 Å². The molecule has 112 valence electrons. The average Bonchev–Trinajstić information content (AvgIpc) is 2.79. The second-order valence-electron chi connectivity index (χ2n) is 6.05. The van der Waals surface area contributed by atoms with Crippen molar-refractivity contribution < 1.29 is 19.1 Å². The van der Waals surface area contributed by atoms with Gasteiger partial charge >= 0.3 is 5.97 Å². The number of nitrogens with zero attached hydrogens (tertiary/aromatic N) is 3. The number of hydrogen-bond acceptors (Lipinski definition) is 6. The molecule has 1 atom stereocenters. The summed E-state index contributed by atoms with van der Waals surface area (Å²) in [5.41, 5.74) is -0.184. The van der Waals surface area contributed by atoms with E-state index in [0.717, 1.165) is 0 Å². The zero-order chi connectivity index (χ0) is 14.8. The van der Waals surface area contributed by atoms with Crippen LogP contribution in [-0.4, -0.2) is 52.0 Å². The van der Waals surface area contributed by atoms with E-state index in [1.807, 2.05) is 25.7 Å². The van der Waals surface area contributed by atoms with Gasteiger partial charge in [0.05, 0.1) is 26.2 Å². The number of carbonyl (C=O) groups is 1. The van der Waals surface area contributed by atoms with Crippen molar-refractivity contribution in [3.05, 3.63) is 11.8 Å². The first kappa shape index (κ1) is 14.9. The number of aliphatic carboxylic acids is 1. The Labute approximate surface area is 117 Å². The van der Waals surface area contributed by atoms with Crippen molar-refractivity contribution in [2.75, 3.05) is 19.8 Å². The molecular formula is C13H21N3O4. The maximum atomic E-state index is 10.9. The van der Waals surface area contributed by atoms with E-state index in [4.69, 9.17) is 14.3 Å². The molecular weight excluding hydrogens is 262 g/mol. The van der Waals surface area contributed by atoms with E-state index in [-0.39, 0.29) is 17.9 Å². The number of carboxylic acid groups (broad SMARTS) is 1. The Morgan fingerprint density at radius 1 is 1.45 bits per heavy atom. The zero-order valence-corrected chi connectivity index (χ0v) is 12.1. The molecule has 1 aliphatic rings. The van der Waals surface area contributed by atoms with Crippen molar-refractivity contribution in [1.29, 1.82) is 0 Å². The lowest BCUT2D eigenvalue weighted by Crippen LogP contribution is -2.45. The Morgan fingerprint density at radius 2 is 2.20 bits per heavy atom. The first-order valence-electron chi connectivity index (χ1n) is 6.72. The molecule has 0 saturated carbocycles. The molecule has 7 nitrogen and oxygen atoms in total. The van der Waals surface area contributed by atoms with Gasteiger partial charge in [-0.05, 0) is 0 Å². The van der Waals surface area contributed by atoms with Gasteiger partial charge in [-0.25, -0.2) is 0 Å². The van der Waals surface area contributed by atoms with E-state index in [2.05, 4.69) is 10.2 Å². The lowest BCUT2D eigenvalue weighted by molar-refractivity contribution is -0.140. The molecule has 20 heavy (non-hydrogen) atoms. The quantitative estimate of drug-likeness (QED) is 0.883. The summed E-state index contributed by atoms with van der Waals surface area (Å²) in [7, 11) is 0. The third-order valence-corrected chi connectivity index (χ3v) is 3.21. The largest absolute Gasteiger partial charge is 0.481 e. The van der Waals surface area contributed by atoms with Crippen LogP contribution in [0.4, 0.5) is 0 Å². The summed E-state index contributed by atoms with van der Waals surface area (Å²) >= 11 is 0. The summed E-state index contributed by atoms with van der Waals surface area (Å²) in [4.78, 5) is 12.9. The molecule has 0 aromatic carbocycles. The minimum Gasteiger partial charge on any atom is -0.481 e. The van der Waals surface area contributed by atoms with Crippen LogP contribution in [-0.2, 0) is 21.5 Å². The fourth-order valence-electron chi connectivity index (χ4n) is 2.08. The van der Waals surface area contributed by atoms with Crippen molar-refractivity contribution in [3.63, 3.8) is 0 Å². The van der Waals surface area contributed by atoms with E-state index in [1.165, 1.54) is 0 Å². The summed E-state index contributed by atoms with van der Waals surface area (Å²) < 4.78 is 11.0. The third-order valence-electron chi connectivity index (χ3n) is 3.21. The summed E-state index contributed by atoms with van der Waals surface area (Å²) in [5, 5.41) is 17.0. The molecule has 1 unspecified atom stereocenters. The van der Waals surface area contributed by atoms with Crippen LogP contribution < -0.4 is 0 Å². The highest BCUT2D eigenvalue weighted by atomic mass is 16.5. The molecule has 1 fully saturated rings. The molecule has 0 amide bonds. The van der Waals surface area contributed by atoms with Gasteiger partial charge in [0, 0.05) is 18.0 Å². The second kappa shape index (κ2) is 5.88. The van der Waals surface area contributed by atoms with E-state index < -0.39 is 5.97 Å². The number of morpholine rings is 1. The Kier molecular flexibility index (Phi) is 4.39. The molecule has 0 aliphatic carbocycles. The highest BCUT2D eigenvalue weighted by Gasteiger charge is 2.28. The molecule has 0 bridgehead atoms. The number of rotatable bonds is 4. The van der Waals surface area contributed by atoms with Crippen molar-refractivity contribution in [2.45, 2.75) is 45.2 Å². The molecule has 1 aromatic rings. The minimum absolute atomic E-state index is 0.0558. The molecule has 2 rings (SSSR count). The Balaban J connectivity index is 2.03. The van der Waals surface area contributed by atoms with Crippen LogP contribution in [0.5, 0.6) is 0 Å². The maximum absolute atomic E-state index is 10.9. The second-order valence-corrected chi connectivity index (χ2v) is 6.05. The van der Waals surface area contributed by atoms with Gasteiger partial charge in [-0.1, -0.05) is 20.8 Å². The van der Waals surface area contributed by atoms with E-state index in [0.29, 0.717) is 38.1 Å². The summed E-state index contributed by atoms with van der Waals surface area (Å²) in [6, 6.07) is -0.147. The predicted molar refractivity (Wildman–Crippen MR) is 70.3 cm³/mol. The van der Waals surface area contributed by atoms with Crippen LogP contribution >= 0.6 is 0 Å². The van der Waals surface area contributed by atoms with Gasteiger partial charge in [-0.15, -0.1) is 10.2 Å². The van der Waals surface area contributed by atoms with Crippen LogP contribution in [0.1, 0.15) is 39.0 Å². The van der Waals surface area contributed by atoms with Gasteiger partial charge in [-0.2, -0.15) is 0 Å².